The standard InChI is InChI=1S/C13H15F3N2O/c14-13(15,16)7-4-8-19-10-12(18,9-17)11-5-2-1-3-6-11/h1-3,5-6H,4,7-8,10,18H2. The van der Waals surface area contributed by atoms with E-state index in [0.29, 0.717) is 5.56 Å². The van der Waals surface area contributed by atoms with E-state index in [-0.39, 0.29) is 19.6 Å². The van der Waals surface area contributed by atoms with Gasteiger partial charge in [-0.2, -0.15) is 18.4 Å². The van der Waals surface area contributed by atoms with Gasteiger partial charge in [-0.05, 0) is 12.0 Å². The van der Waals surface area contributed by atoms with Crippen LogP contribution in [0.5, 0.6) is 0 Å². The molecule has 0 spiro atoms. The molecule has 0 fully saturated rings. The van der Waals surface area contributed by atoms with Gasteiger partial charge >= 0.3 is 6.18 Å². The molecule has 1 rings (SSSR count). The molecule has 0 saturated carbocycles. The Kier molecular flexibility index (Phi) is 5.33. The average molecular weight is 272 g/mol. The van der Waals surface area contributed by atoms with Gasteiger partial charge in [0.05, 0.1) is 12.7 Å². The molecule has 1 aromatic rings. The van der Waals surface area contributed by atoms with Crippen molar-refractivity contribution in [3.05, 3.63) is 35.9 Å². The maximum Gasteiger partial charge on any atom is 0.389 e. The van der Waals surface area contributed by atoms with E-state index in [2.05, 4.69) is 0 Å². The molecule has 0 aromatic heterocycles. The fourth-order valence-electron chi connectivity index (χ4n) is 1.52. The van der Waals surface area contributed by atoms with Gasteiger partial charge in [-0.3, -0.25) is 0 Å². The van der Waals surface area contributed by atoms with Crippen LogP contribution in [0.25, 0.3) is 0 Å². The Hall–Kier alpha value is -1.58. The number of hydrogen-bond acceptors (Lipinski definition) is 3. The summed E-state index contributed by atoms with van der Waals surface area (Å²) in [6.45, 7) is -0.210. The lowest BCUT2D eigenvalue weighted by Crippen LogP contribution is -2.40. The lowest BCUT2D eigenvalue weighted by molar-refractivity contribution is -0.138. The minimum atomic E-state index is -4.18. The molecule has 0 aliphatic rings. The maximum atomic E-state index is 11.9. The molecule has 0 radical (unpaired) electrons. The number of alkyl halides is 3. The molecule has 1 unspecified atom stereocenters. The van der Waals surface area contributed by atoms with E-state index in [1.54, 1.807) is 30.3 Å². The number of rotatable bonds is 6. The Morgan fingerprint density at radius 1 is 1.21 bits per heavy atom. The molecule has 0 amide bonds. The van der Waals surface area contributed by atoms with Gasteiger partial charge in [0.2, 0.25) is 0 Å². The zero-order valence-corrected chi connectivity index (χ0v) is 10.3. The molecule has 0 bridgehead atoms. The summed E-state index contributed by atoms with van der Waals surface area (Å²) in [5.41, 5.74) is 5.12. The molecule has 0 saturated heterocycles. The molecule has 2 N–H and O–H groups in total. The first-order valence-corrected chi connectivity index (χ1v) is 5.77. The average Bonchev–Trinajstić information content (AvgIpc) is 2.38. The summed E-state index contributed by atoms with van der Waals surface area (Å²) in [7, 11) is 0. The molecule has 1 aromatic carbocycles. The normalized spacial score (nSPS) is 14.7. The largest absolute Gasteiger partial charge is 0.389 e. The Morgan fingerprint density at radius 2 is 1.84 bits per heavy atom. The predicted molar refractivity (Wildman–Crippen MR) is 64.0 cm³/mol. The minimum absolute atomic E-state index is 0.0764. The minimum Gasteiger partial charge on any atom is -0.378 e. The Morgan fingerprint density at radius 3 is 2.37 bits per heavy atom. The number of nitriles is 1. The zero-order chi connectivity index (χ0) is 14.4. The van der Waals surface area contributed by atoms with Crippen LogP contribution in [0.2, 0.25) is 0 Å². The van der Waals surface area contributed by atoms with Gasteiger partial charge in [0.1, 0.15) is 0 Å². The highest BCUT2D eigenvalue weighted by Gasteiger charge is 2.28. The number of ether oxygens (including phenoxy) is 1. The van der Waals surface area contributed by atoms with Crippen LogP contribution in [0, 0.1) is 11.3 Å². The highest BCUT2D eigenvalue weighted by molar-refractivity contribution is 5.30. The van der Waals surface area contributed by atoms with Crippen LogP contribution in [-0.4, -0.2) is 19.4 Å². The number of benzene rings is 1. The Balaban J connectivity index is 2.44. The van der Waals surface area contributed by atoms with Crippen LogP contribution >= 0.6 is 0 Å². The fourth-order valence-corrected chi connectivity index (χ4v) is 1.52. The maximum absolute atomic E-state index is 11.9. The molecule has 19 heavy (non-hydrogen) atoms. The van der Waals surface area contributed by atoms with Crippen molar-refractivity contribution in [3.8, 4) is 6.07 Å². The van der Waals surface area contributed by atoms with Crippen molar-refractivity contribution in [2.45, 2.75) is 24.6 Å². The van der Waals surface area contributed by atoms with E-state index < -0.39 is 18.1 Å². The van der Waals surface area contributed by atoms with Gasteiger partial charge < -0.3 is 10.5 Å². The van der Waals surface area contributed by atoms with E-state index in [1.165, 1.54) is 0 Å². The summed E-state index contributed by atoms with van der Waals surface area (Å²) in [5.74, 6) is 0. The molecule has 3 nitrogen and oxygen atoms in total. The summed E-state index contributed by atoms with van der Waals surface area (Å²) in [4.78, 5) is 0. The summed E-state index contributed by atoms with van der Waals surface area (Å²) >= 11 is 0. The molecule has 0 aliphatic heterocycles. The third-order valence-corrected chi connectivity index (χ3v) is 2.57. The molecule has 0 heterocycles. The SMILES string of the molecule is N#CC(N)(COCCCC(F)(F)F)c1ccccc1. The quantitative estimate of drug-likeness (QED) is 0.810. The number of halogens is 3. The third-order valence-electron chi connectivity index (χ3n) is 2.57. The summed E-state index contributed by atoms with van der Waals surface area (Å²) in [6, 6.07) is 10.5. The van der Waals surface area contributed by atoms with Crippen molar-refractivity contribution in [2.75, 3.05) is 13.2 Å². The summed E-state index contributed by atoms with van der Waals surface area (Å²) in [6.07, 6.45) is -5.22. The van der Waals surface area contributed by atoms with Crippen molar-refractivity contribution < 1.29 is 17.9 Å². The van der Waals surface area contributed by atoms with Gasteiger partial charge in [0, 0.05) is 13.0 Å². The number of nitrogens with two attached hydrogens (primary N) is 1. The summed E-state index contributed by atoms with van der Waals surface area (Å²) < 4.78 is 40.8. The number of nitrogens with zero attached hydrogens (tertiary/aromatic N) is 1. The van der Waals surface area contributed by atoms with Crippen LogP contribution in [0.4, 0.5) is 13.2 Å². The second kappa shape index (κ2) is 6.55. The molecule has 6 heteroatoms. The topological polar surface area (TPSA) is 59.0 Å². The third kappa shape index (κ3) is 5.28. The molecule has 0 aliphatic carbocycles. The van der Waals surface area contributed by atoms with E-state index >= 15 is 0 Å². The van der Waals surface area contributed by atoms with Crippen LogP contribution in [0.1, 0.15) is 18.4 Å². The zero-order valence-electron chi connectivity index (χ0n) is 10.3. The Labute approximate surface area is 109 Å². The number of hydrogen-bond donors (Lipinski definition) is 1. The van der Waals surface area contributed by atoms with Gasteiger partial charge in [0.15, 0.2) is 5.54 Å². The Bertz CT molecular complexity index is 428. The lowest BCUT2D eigenvalue weighted by Gasteiger charge is -2.21. The van der Waals surface area contributed by atoms with E-state index in [0.717, 1.165) is 0 Å². The van der Waals surface area contributed by atoms with Crippen LogP contribution in [0.3, 0.4) is 0 Å². The highest BCUT2D eigenvalue weighted by Crippen LogP contribution is 2.22. The molecule has 104 valence electrons. The molecular weight excluding hydrogens is 257 g/mol. The van der Waals surface area contributed by atoms with Crippen molar-refractivity contribution in [3.63, 3.8) is 0 Å². The van der Waals surface area contributed by atoms with Crippen LogP contribution in [-0.2, 0) is 10.3 Å². The van der Waals surface area contributed by atoms with Gasteiger partial charge in [0.25, 0.3) is 0 Å². The second-order valence-corrected chi connectivity index (χ2v) is 4.22. The van der Waals surface area contributed by atoms with Crippen LogP contribution in [0.15, 0.2) is 30.3 Å². The van der Waals surface area contributed by atoms with Crippen molar-refractivity contribution in [1.82, 2.24) is 0 Å². The van der Waals surface area contributed by atoms with E-state index in [1.807, 2.05) is 6.07 Å². The van der Waals surface area contributed by atoms with Crippen molar-refractivity contribution in [2.24, 2.45) is 5.73 Å². The molecular formula is C13H15F3N2O. The first-order valence-electron chi connectivity index (χ1n) is 5.77. The van der Waals surface area contributed by atoms with Gasteiger partial charge in [-0.25, -0.2) is 0 Å². The first kappa shape index (κ1) is 15.5. The van der Waals surface area contributed by atoms with E-state index in [4.69, 9.17) is 15.7 Å². The van der Waals surface area contributed by atoms with E-state index in [9.17, 15) is 13.2 Å². The van der Waals surface area contributed by atoms with Gasteiger partial charge in [-0.15, -0.1) is 0 Å². The van der Waals surface area contributed by atoms with Gasteiger partial charge in [-0.1, -0.05) is 30.3 Å². The molecule has 1 atom stereocenters. The van der Waals surface area contributed by atoms with Crippen molar-refractivity contribution in [1.29, 1.82) is 5.26 Å². The smallest absolute Gasteiger partial charge is 0.378 e. The highest BCUT2D eigenvalue weighted by atomic mass is 19.4. The lowest BCUT2D eigenvalue weighted by atomic mass is 9.94. The van der Waals surface area contributed by atoms with Crippen molar-refractivity contribution >= 4 is 0 Å². The first-order chi connectivity index (χ1) is 8.87. The monoisotopic (exact) mass is 272 g/mol. The second-order valence-electron chi connectivity index (χ2n) is 4.22. The van der Waals surface area contributed by atoms with Crippen LogP contribution < -0.4 is 5.73 Å². The fraction of sp³-hybridized carbons (Fsp3) is 0.462. The summed E-state index contributed by atoms with van der Waals surface area (Å²) in [5, 5.41) is 9.09. The predicted octanol–water partition coefficient (Wildman–Crippen LogP) is 2.72.